The summed E-state index contributed by atoms with van der Waals surface area (Å²) in [4.78, 5) is 10.8. The first-order valence-corrected chi connectivity index (χ1v) is 5.68. The molecule has 0 unspecified atom stereocenters. The van der Waals surface area contributed by atoms with Crippen molar-refractivity contribution in [2.24, 2.45) is 7.05 Å². The summed E-state index contributed by atoms with van der Waals surface area (Å²) in [7, 11) is 2.84. The molecule has 0 spiro atoms. The number of methoxy groups -OCH3 is 1. The van der Waals surface area contributed by atoms with E-state index in [9.17, 15) is 13.6 Å². The number of halogens is 2. The minimum atomic E-state index is -1.23. The molecule has 0 fully saturated rings. The van der Waals surface area contributed by atoms with E-state index >= 15 is 0 Å². The average Bonchev–Trinajstić information content (AvgIpc) is 2.76. The van der Waals surface area contributed by atoms with E-state index in [2.05, 4.69) is 5.10 Å². The quantitative estimate of drug-likeness (QED) is 0.933. The van der Waals surface area contributed by atoms with Crippen LogP contribution in [0.4, 0.5) is 8.78 Å². The van der Waals surface area contributed by atoms with Gasteiger partial charge in [-0.15, -0.1) is 0 Å². The van der Waals surface area contributed by atoms with E-state index < -0.39 is 17.6 Å². The van der Waals surface area contributed by atoms with Gasteiger partial charge in [0, 0.05) is 25.3 Å². The lowest BCUT2D eigenvalue weighted by molar-refractivity contribution is 0.0689. The molecule has 1 heterocycles. The highest BCUT2D eigenvalue weighted by Gasteiger charge is 2.17. The first kappa shape index (κ1) is 14.1. The Kier molecular flexibility index (Phi) is 3.80. The van der Waals surface area contributed by atoms with Crippen molar-refractivity contribution >= 4 is 5.97 Å². The molecule has 0 amide bonds. The van der Waals surface area contributed by atoms with Crippen LogP contribution in [-0.2, 0) is 18.4 Å². The Morgan fingerprint density at radius 3 is 2.60 bits per heavy atom. The van der Waals surface area contributed by atoms with E-state index in [1.165, 1.54) is 24.9 Å². The molecule has 20 heavy (non-hydrogen) atoms. The zero-order valence-electron chi connectivity index (χ0n) is 10.9. The van der Waals surface area contributed by atoms with E-state index in [-0.39, 0.29) is 29.1 Å². The number of aromatic nitrogens is 2. The maximum atomic E-state index is 14.0. The van der Waals surface area contributed by atoms with Gasteiger partial charge in [0.2, 0.25) is 0 Å². The van der Waals surface area contributed by atoms with Crippen molar-refractivity contribution in [2.75, 3.05) is 7.11 Å². The second-order valence-corrected chi connectivity index (χ2v) is 4.20. The molecule has 0 aliphatic carbocycles. The minimum Gasteiger partial charge on any atom is -0.476 e. The molecule has 2 rings (SSSR count). The number of aromatic carboxylic acids is 1. The Morgan fingerprint density at radius 1 is 1.35 bits per heavy atom. The summed E-state index contributed by atoms with van der Waals surface area (Å²) in [5.74, 6) is -2.52. The predicted molar refractivity (Wildman–Crippen MR) is 66.2 cm³/mol. The number of carboxylic acids is 1. The summed E-state index contributed by atoms with van der Waals surface area (Å²) in [6.07, 6.45) is 0. The number of carbonyl (C=O) groups is 1. The Bertz CT molecular complexity index is 668. The predicted octanol–water partition coefficient (Wildman–Crippen LogP) is 2.21. The van der Waals surface area contributed by atoms with Crippen molar-refractivity contribution < 1.29 is 23.4 Å². The lowest BCUT2D eigenvalue weighted by atomic mass is 10.1. The van der Waals surface area contributed by atoms with Gasteiger partial charge in [-0.05, 0) is 18.2 Å². The number of ether oxygens (including phenoxy) is 1. The van der Waals surface area contributed by atoms with Crippen LogP contribution in [0, 0.1) is 11.6 Å². The van der Waals surface area contributed by atoms with Gasteiger partial charge in [0.05, 0.1) is 12.3 Å². The highest BCUT2D eigenvalue weighted by Crippen LogP contribution is 2.26. The minimum absolute atomic E-state index is 0.0468. The number of hydrogen-bond donors (Lipinski definition) is 1. The fraction of sp³-hybridized carbons (Fsp3) is 0.231. The first-order valence-electron chi connectivity index (χ1n) is 5.68. The molecule has 1 aromatic carbocycles. The molecule has 0 radical (unpaired) electrons. The molecule has 0 atom stereocenters. The third-order valence-corrected chi connectivity index (χ3v) is 2.81. The summed E-state index contributed by atoms with van der Waals surface area (Å²) in [5, 5.41) is 12.6. The summed E-state index contributed by atoms with van der Waals surface area (Å²) < 4.78 is 33.8. The van der Waals surface area contributed by atoms with E-state index in [1.807, 2.05) is 0 Å². The van der Waals surface area contributed by atoms with Crippen LogP contribution in [0.25, 0.3) is 11.3 Å². The molecule has 5 nitrogen and oxygen atoms in total. The van der Waals surface area contributed by atoms with Crippen molar-refractivity contribution in [1.29, 1.82) is 0 Å². The van der Waals surface area contributed by atoms with Crippen molar-refractivity contribution in [3.8, 4) is 11.3 Å². The number of carboxylic acid groups (broad SMARTS) is 1. The molecule has 0 bridgehead atoms. The zero-order valence-corrected chi connectivity index (χ0v) is 10.9. The summed E-state index contributed by atoms with van der Waals surface area (Å²) in [6, 6.07) is 3.23. The topological polar surface area (TPSA) is 64.3 Å². The van der Waals surface area contributed by atoms with E-state index in [4.69, 9.17) is 9.84 Å². The molecule has 0 aliphatic heterocycles. The molecular weight excluding hydrogens is 270 g/mol. The van der Waals surface area contributed by atoms with Gasteiger partial charge in [0.15, 0.2) is 5.69 Å². The average molecular weight is 282 g/mol. The van der Waals surface area contributed by atoms with Gasteiger partial charge in [-0.3, -0.25) is 4.68 Å². The highest BCUT2D eigenvalue weighted by molar-refractivity contribution is 5.87. The summed E-state index contributed by atoms with van der Waals surface area (Å²) in [5.41, 5.74) is -0.00901. The normalized spacial score (nSPS) is 10.8. The molecule has 0 aliphatic rings. The largest absolute Gasteiger partial charge is 0.476 e. The molecule has 7 heteroatoms. The van der Waals surface area contributed by atoms with Crippen molar-refractivity contribution in [2.45, 2.75) is 6.61 Å². The third kappa shape index (κ3) is 2.53. The van der Waals surface area contributed by atoms with Gasteiger partial charge in [-0.25, -0.2) is 13.6 Å². The lowest BCUT2D eigenvalue weighted by Crippen LogP contribution is -2.01. The molecular formula is C13H12F2N2O3. The maximum Gasteiger partial charge on any atom is 0.356 e. The van der Waals surface area contributed by atoms with Crippen molar-refractivity contribution in [3.63, 3.8) is 0 Å². The fourth-order valence-corrected chi connectivity index (χ4v) is 1.87. The molecule has 1 N–H and O–H groups in total. The smallest absolute Gasteiger partial charge is 0.356 e. The Morgan fingerprint density at radius 2 is 2.05 bits per heavy atom. The van der Waals surface area contributed by atoms with Crippen LogP contribution in [0.2, 0.25) is 0 Å². The lowest BCUT2D eigenvalue weighted by Gasteiger charge is -2.07. The van der Waals surface area contributed by atoms with E-state index in [0.29, 0.717) is 0 Å². The van der Waals surface area contributed by atoms with Crippen molar-refractivity contribution in [3.05, 3.63) is 41.1 Å². The van der Waals surface area contributed by atoms with Gasteiger partial charge in [-0.1, -0.05) is 0 Å². The third-order valence-electron chi connectivity index (χ3n) is 2.81. The number of aryl methyl sites for hydroxylation is 1. The molecule has 106 valence electrons. The van der Waals surface area contributed by atoms with Crippen LogP contribution >= 0.6 is 0 Å². The fourth-order valence-electron chi connectivity index (χ4n) is 1.87. The Balaban J connectivity index is 2.53. The van der Waals surface area contributed by atoms with Crippen LogP contribution in [0.15, 0.2) is 18.2 Å². The van der Waals surface area contributed by atoms with E-state index in [1.54, 1.807) is 0 Å². The summed E-state index contributed by atoms with van der Waals surface area (Å²) >= 11 is 0. The number of benzene rings is 1. The Hall–Kier alpha value is -2.28. The van der Waals surface area contributed by atoms with Crippen LogP contribution in [0.5, 0.6) is 0 Å². The molecule has 0 saturated heterocycles. The SMILES string of the molecule is COCc1cc(F)c(-c2cc(C(=O)O)nn2C)cc1F. The highest BCUT2D eigenvalue weighted by atomic mass is 19.1. The standard InChI is InChI=1S/C13H12F2N2O3/c1-17-12(5-11(16-17)13(18)19)8-4-9(14)7(6-20-2)3-10(8)15/h3-5H,6H2,1-2H3,(H,18,19). The number of hydrogen-bond acceptors (Lipinski definition) is 3. The second kappa shape index (κ2) is 5.38. The molecule has 1 aromatic heterocycles. The van der Waals surface area contributed by atoms with Gasteiger partial charge in [0.25, 0.3) is 0 Å². The van der Waals surface area contributed by atoms with Crippen LogP contribution < -0.4 is 0 Å². The van der Waals surface area contributed by atoms with Gasteiger partial charge >= 0.3 is 5.97 Å². The van der Waals surface area contributed by atoms with E-state index in [0.717, 1.165) is 12.1 Å². The zero-order chi connectivity index (χ0) is 14.9. The van der Waals surface area contributed by atoms with Crippen LogP contribution in [0.1, 0.15) is 16.1 Å². The monoisotopic (exact) mass is 282 g/mol. The molecule has 0 saturated carbocycles. The van der Waals surface area contributed by atoms with Crippen molar-refractivity contribution in [1.82, 2.24) is 9.78 Å². The van der Waals surface area contributed by atoms with Gasteiger partial charge < -0.3 is 9.84 Å². The summed E-state index contributed by atoms with van der Waals surface area (Å²) in [6.45, 7) is -0.0468. The second-order valence-electron chi connectivity index (χ2n) is 4.20. The Labute approximate surface area is 113 Å². The van der Waals surface area contributed by atoms with Crippen LogP contribution in [-0.4, -0.2) is 28.0 Å². The number of nitrogens with zero attached hydrogens (tertiary/aromatic N) is 2. The van der Waals surface area contributed by atoms with Gasteiger partial charge in [0.1, 0.15) is 11.6 Å². The van der Waals surface area contributed by atoms with Crippen LogP contribution in [0.3, 0.4) is 0 Å². The first-order chi connectivity index (χ1) is 9.43. The van der Waals surface area contributed by atoms with Gasteiger partial charge in [-0.2, -0.15) is 5.10 Å². The number of rotatable bonds is 4. The maximum absolute atomic E-state index is 14.0. The molecule has 2 aromatic rings.